The second-order valence-corrected chi connectivity index (χ2v) is 22.8. The smallest absolute Gasteiger partial charge is 0.420 e. The molecule has 1 aliphatic carbocycles. The van der Waals surface area contributed by atoms with Crippen LogP contribution in [0.15, 0.2) is 24.4 Å². The van der Waals surface area contributed by atoms with Crippen LogP contribution in [0.3, 0.4) is 0 Å². The maximum atomic E-state index is 14.0. The number of alkyl carbamates (subject to hydrolysis) is 1. The van der Waals surface area contributed by atoms with Crippen LogP contribution in [0, 0.1) is 0 Å². The van der Waals surface area contributed by atoms with E-state index in [2.05, 4.69) is 71.0 Å². The number of anilines is 2. The predicted octanol–water partition coefficient (Wildman–Crippen LogP) is 10.0. The number of amides is 2. The molecule has 0 aliphatic heterocycles. The molecule has 1 saturated carbocycles. The zero-order valence-corrected chi connectivity index (χ0v) is 34.0. The second-order valence-electron chi connectivity index (χ2n) is 18.1. The molecule has 1 fully saturated rings. The lowest BCUT2D eigenvalue weighted by molar-refractivity contribution is 0.0525. The van der Waals surface area contributed by atoms with E-state index < -0.39 is 37.2 Å². The fourth-order valence-corrected chi connectivity index (χ4v) is 7.04. The average molecular weight is 700 g/mol. The second kappa shape index (κ2) is 15.5. The molecular formula is C38H65N5O5Si. The van der Waals surface area contributed by atoms with Crippen molar-refractivity contribution in [3.05, 3.63) is 35.8 Å². The van der Waals surface area contributed by atoms with Crippen molar-refractivity contribution in [2.45, 2.75) is 175 Å². The standard InChI is InChI=1S/C38H65N5O5Si/c1-35(2,3)43-32(26-31(41-43)27-19-20-30(24-27)48-49(13,14)38(10,11)12)42(34(45)47-37(7,8)9)29-21-23-39-28(25-29)18-16-15-17-22-40-33(44)46-36(4,5)6/h21,23,25-27,30H,15-20,22,24H2,1-14H3,(H,40,44)/t27-,30+/m0/s1. The molecule has 49 heavy (non-hydrogen) atoms. The molecule has 1 aliphatic rings. The van der Waals surface area contributed by atoms with Crippen molar-refractivity contribution < 1.29 is 23.5 Å². The largest absolute Gasteiger partial charge is 0.444 e. The number of aryl methyl sites for hydroxylation is 1. The van der Waals surface area contributed by atoms with Crippen LogP contribution >= 0.6 is 0 Å². The molecule has 2 atom stereocenters. The van der Waals surface area contributed by atoms with Gasteiger partial charge in [-0.3, -0.25) is 4.98 Å². The molecule has 0 radical (unpaired) electrons. The monoisotopic (exact) mass is 699 g/mol. The molecule has 3 rings (SSSR count). The van der Waals surface area contributed by atoms with Gasteiger partial charge in [-0.25, -0.2) is 19.2 Å². The Morgan fingerprint density at radius 1 is 0.918 bits per heavy atom. The fourth-order valence-electron chi connectivity index (χ4n) is 5.64. The Bertz CT molecular complexity index is 1410. The van der Waals surface area contributed by atoms with E-state index in [1.54, 1.807) is 11.1 Å². The predicted molar refractivity (Wildman–Crippen MR) is 200 cm³/mol. The minimum atomic E-state index is -1.89. The van der Waals surface area contributed by atoms with Crippen LogP contribution in [0.2, 0.25) is 18.1 Å². The molecule has 0 bridgehead atoms. The van der Waals surface area contributed by atoms with Gasteiger partial charge in [0.2, 0.25) is 0 Å². The highest BCUT2D eigenvalue weighted by Gasteiger charge is 2.42. The number of carbonyl (C=O) groups excluding carboxylic acids is 2. The van der Waals surface area contributed by atoms with Crippen molar-refractivity contribution in [2.75, 3.05) is 11.4 Å². The topological polar surface area (TPSA) is 108 Å². The summed E-state index contributed by atoms with van der Waals surface area (Å²) in [6, 6.07) is 5.91. The number of ether oxygens (including phenoxy) is 2. The van der Waals surface area contributed by atoms with Crippen LogP contribution in [0.4, 0.5) is 21.1 Å². The van der Waals surface area contributed by atoms with Crippen LogP contribution in [-0.4, -0.2) is 59.1 Å². The summed E-state index contributed by atoms with van der Waals surface area (Å²) in [5, 5.41) is 8.14. The normalized spacial score (nSPS) is 17.6. The van der Waals surface area contributed by atoms with Gasteiger partial charge in [0.1, 0.15) is 17.0 Å². The first-order valence-electron chi connectivity index (χ1n) is 18.1. The summed E-state index contributed by atoms with van der Waals surface area (Å²) < 4.78 is 20.1. The Balaban J connectivity index is 1.84. The van der Waals surface area contributed by atoms with E-state index in [0.717, 1.165) is 56.3 Å². The van der Waals surface area contributed by atoms with E-state index in [1.165, 1.54) is 0 Å². The molecule has 1 N–H and O–H groups in total. The third kappa shape index (κ3) is 12.1. The fraction of sp³-hybridized carbons (Fsp3) is 0.737. The van der Waals surface area contributed by atoms with E-state index in [9.17, 15) is 9.59 Å². The molecule has 0 saturated heterocycles. The van der Waals surface area contributed by atoms with Crippen LogP contribution in [-0.2, 0) is 25.9 Å². The van der Waals surface area contributed by atoms with Crippen LogP contribution in [0.5, 0.6) is 0 Å². The minimum Gasteiger partial charge on any atom is -0.444 e. The molecule has 11 heteroatoms. The molecule has 276 valence electrons. The maximum Gasteiger partial charge on any atom is 0.420 e. The lowest BCUT2D eigenvalue weighted by Gasteiger charge is -2.38. The van der Waals surface area contributed by atoms with Gasteiger partial charge >= 0.3 is 12.2 Å². The summed E-state index contributed by atoms with van der Waals surface area (Å²) in [6.07, 6.45) is 7.43. The van der Waals surface area contributed by atoms with Gasteiger partial charge < -0.3 is 19.2 Å². The van der Waals surface area contributed by atoms with Gasteiger partial charge in [-0.05, 0) is 131 Å². The number of pyridine rings is 1. The Morgan fingerprint density at radius 3 is 2.16 bits per heavy atom. The summed E-state index contributed by atoms with van der Waals surface area (Å²) in [7, 11) is -1.89. The SMILES string of the molecule is CC(C)(C)OC(=O)NCCCCCc1cc(N(C(=O)OC(C)(C)C)c2cc([C@H]3CC[C@@H](O[Si](C)(C)C(C)(C)C)C3)nn2C(C)(C)C)ccn1. The zero-order chi connectivity index (χ0) is 37.0. The maximum absolute atomic E-state index is 14.0. The summed E-state index contributed by atoms with van der Waals surface area (Å²) in [5.74, 6) is 0.922. The highest BCUT2D eigenvalue weighted by atomic mass is 28.4. The van der Waals surface area contributed by atoms with Gasteiger partial charge in [0.15, 0.2) is 8.32 Å². The Morgan fingerprint density at radius 2 is 1.57 bits per heavy atom. The Labute approximate surface area is 297 Å². The quantitative estimate of drug-likeness (QED) is 0.184. The number of aromatic nitrogens is 3. The van der Waals surface area contributed by atoms with Gasteiger partial charge in [-0.1, -0.05) is 27.2 Å². The summed E-state index contributed by atoms with van der Waals surface area (Å²) >= 11 is 0. The first kappa shape index (κ1) is 40.5. The Kier molecular flexibility index (Phi) is 12.8. The number of hydrogen-bond donors (Lipinski definition) is 1. The van der Waals surface area contributed by atoms with Crippen molar-refractivity contribution in [2.24, 2.45) is 0 Å². The number of nitrogens with zero attached hydrogens (tertiary/aromatic N) is 4. The van der Waals surface area contributed by atoms with Crippen molar-refractivity contribution in [1.82, 2.24) is 20.1 Å². The molecule has 2 amide bonds. The number of nitrogens with one attached hydrogen (secondary N) is 1. The number of unbranched alkanes of at least 4 members (excludes halogenated alkanes) is 2. The summed E-state index contributed by atoms with van der Waals surface area (Å²) in [4.78, 5) is 32.3. The molecule has 2 heterocycles. The minimum absolute atomic E-state index is 0.155. The van der Waals surface area contributed by atoms with Crippen molar-refractivity contribution >= 4 is 32.0 Å². The van der Waals surface area contributed by atoms with Gasteiger partial charge in [-0.2, -0.15) is 5.10 Å². The number of hydrogen-bond acceptors (Lipinski definition) is 7. The van der Waals surface area contributed by atoms with E-state index in [1.807, 2.05) is 58.4 Å². The number of carbonyl (C=O) groups is 2. The van der Waals surface area contributed by atoms with Gasteiger partial charge in [0.25, 0.3) is 0 Å². The third-order valence-corrected chi connectivity index (χ3v) is 13.6. The van der Waals surface area contributed by atoms with E-state index >= 15 is 0 Å². The lowest BCUT2D eigenvalue weighted by Crippen LogP contribution is -2.43. The highest BCUT2D eigenvalue weighted by molar-refractivity contribution is 6.74. The van der Waals surface area contributed by atoms with Crippen LogP contribution < -0.4 is 10.2 Å². The van der Waals surface area contributed by atoms with E-state index in [4.69, 9.17) is 19.0 Å². The third-order valence-electron chi connectivity index (χ3n) is 9.06. The molecular weight excluding hydrogens is 635 g/mol. The van der Waals surface area contributed by atoms with Crippen molar-refractivity contribution in [3.8, 4) is 0 Å². The number of rotatable bonds is 11. The Hall–Kier alpha value is -2.92. The first-order valence-corrected chi connectivity index (χ1v) is 21.0. The van der Waals surface area contributed by atoms with Crippen molar-refractivity contribution in [1.29, 1.82) is 0 Å². The molecule has 0 unspecified atom stereocenters. The molecule has 2 aromatic heterocycles. The van der Waals surface area contributed by atoms with E-state index in [-0.39, 0.29) is 17.1 Å². The first-order chi connectivity index (χ1) is 22.4. The lowest BCUT2D eigenvalue weighted by atomic mass is 10.0. The van der Waals surface area contributed by atoms with Gasteiger partial charge in [0, 0.05) is 36.5 Å². The average Bonchev–Trinajstić information content (AvgIpc) is 3.55. The van der Waals surface area contributed by atoms with Crippen molar-refractivity contribution in [3.63, 3.8) is 0 Å². The zero-order valence-electron chi connectivity index (χ0n) is 33.0. The van der Waals surface area contributed by atoms with E-state index in [0.29, 0.717) is 18.1 Å². The molecule has 0 aromatic carbocycles. The molecule has 0 spiro atoms. The van der Waals surface area contributed by atoms with Crippen LogP contribution in [0.1, 0.15) is 139 Å². The highest BCUT2D eigenvalue weighted by Crippen LogP contribution is 2.44. The summed E-state index contributed by atoms with van der Waals surface area (Å²) in [6.45, 7) is 29.6. The van der Waals surface area contributed by atoms with Crippen LogP contribution in [0.25, 0.3) is 0 Å². The van der Waals surface area contributed by atoms with Gasteiger partial charge in [0.05, 0.1) is 16.9 Å². The molecule has 10 nitrogen and oxygen atoms in total. The van der Waals surface area contributed by atoms with Gasteiger partial charge in [-0.15, -0.1) is 0 Å². The summed E-state index contributed by atoms with van der Waals surface area (Å²) in [5.41, 5.74) is 0.955. The molecule has 2 aromatic rings.